The average Bonchev–Trinajstić information content (AvgIpc) is 3.13. The van der Waals surface area contributed by atoms with Crippen LogP contribution in [-0.2, 0) is 24.1 Å². The molecule has 35 heavy (non-hydrogen) atoms. The number of ether oxygens (including phenoxy) is 2. The Labute approximate surface area is 197 Å². The second-order valence-corrected chi connectivity index (χ2v) is 7.91. The number of halogens is 4. The van der Waals surface area contributed by atoms with Gasteiger partial charge in [-0.05, 0) is 60.5 Å². The summed E-state index contributed by atoms with van der Waals surface area (Å²) in [5.41, 5.74) is 0.854. The number of carbonyl (C=O) groups excluding carboxylic acids is 1. The fraction of sp³-hybridized carbons (Fsp3) is 0.200. The van der Waals surface area contributed by atoms with E-state index in [1.807, 2.05) is 0 Å². The van der Waals surface area contributed by atoms with Gasteiger partial charge in [0.15, 0.2) is 6.61 Å². The molecular formula is C25H19F4NO5. The molecule has 3 aromatic rings. The number of anilines is 1. The van der Waals surface area contributed by atoms with Crippen LogP contribution in [0, 0.1) is 12.7 Å². The van der Waals surface area contributed by atoms with E-state index in [9.17, 15) is 27.2 Å². The summed E-state index contributed by atoms with van der Waals surface area (Å²) in [6, 6.07) is 12.0. The first kappa shape index (κ1) is 24.1. The van der Waals surface area contributed by atoms with Gasteiger partial charge in [-0.3, -0.25) is 4.79 Å². The van der Waals surface area contributed by atoms with Crippen LogP contribution >= 0.6 is 0 Å². The number of benzene rings is 3. The maximum absolute atomic E-state index is 14.5. The highest BCUT2D eigenvalue weighted by Gasteiger charge is 2.35. The molecule has 0 fully saturated rings. The van der Waals surface area contributed by atoms with E-state index in [2.05, 4.69) is 0 Å². The molecule has 1 N–H and O–H groups in total. The van der Waals surface area contributed by atoms with Crippen molar-refractivity contribution in [1.29, 1.82) is 0 Å². The number of nitrogens with zero attached hydrogens (tertiary/aromatic N) is 1. The van der Waals surface area contributed by atoms with E-state index in [1.54, 1.807) is 43.3 Å². The topological polar surface area (TPSA) is 76.1 Å². The standard InChI is InChI=1S/C25H19F4NO5/c1-14-9-15(5-8-21(14)35-13-23(31)32)12-34-22-4-2-3-17-18(22)11-30(24(17)33)20-7-6-16(10-19(20)26)25(27,28)29/h2-10H,11-13H2,1H3,(H,31,32). The van der Waals surface area contributed by atoms with Crippen molar-refractivity contribution < 1.29 is 41.7 Å². The molecule has 0 radical (unpaired) electrons. The lowest BCUT2D eigenvalue weighted by Gasteiger charge is -2.18. The Balaban J connectivity index is 1.51. The zero-order valence-electron chi connectivity index (χ0n) is 18.4. The molecule has 0 aromatic heterocycles. The summed E-state index contributed by atoms with van der Waals surface area (Å²) in [6.07, 6.45) is -4.70. The Morgan fingerprint density at radius 1 is 1.06 bits per heavy atom. The Morgan fingerprint density at radius 3 is 2.49 bits per heavy atom. The maximum atomic E-state index is 14.5. The SMILES string of the molecule is Cc1cc(COc2cccc3c2CN(c2ccc(C(F)(F)F)cc2F)C3=O)ccc1OCC(=O)O. The van der Waals surface area contributed by atoms with Crippen molar-refractivity contribution >= 4 is 17.6 Å². The zero-order chi connectivity index (χ0) is 25.3. The number of carboxylic acids is 1. The predicted octanol–water partition coefficient (Wildman–Crippen LogP) is 5.36. The molecular weight excluding hydrogens is 470 g/mol. The first-order chi connectivity index (χ1) is 16.5. The van der Waals surface area contributed by atoms with Crippen molar-refractivity contribution in [2.45, 2.75) is 26.3 Å². The Hall–Kier alpha value is -4.08. The van der Waals surface area contributed by atoms with Gasteiger partial charge < -0.3 is 19.5 Å². The van der Waals surface area contributed by atoms with Crippen LogP contribution in [0.2, 0.25) is 0 Å². The van der Waals surface area contributed by atoms with E-state index in [4.69, 9.17) is 14.6 Å². The van der Waals surface area contributed by atoms with Crippen LogP contribution in [0.15, 0.2) is 54.6 Å². The Bertz CT molecular complexity index is 1310. The first-order valence-electron chi connectivity index (χ1n) is 10.4. The molecule has 3 aromatic carbocycles. The van der Waals surface area contributed by atoms with E-state index in [-0.39, 0.29) is 24.4 Å². The van der Waals surface area contributed by atoms with Gasteiger partial charge in [0, 0.05) is 11.1 Å². The molecule has 6 nitrogen and oxygen atoms in total. The summed E-state index contributed by atoms with van der Waals surface area (Å²) < 4.78 is 64.2. The second-order valence-electron chi connectivity index (χ2n) is 7.91. The van der Waals surface area contributed by atoms with E-state index in [0.29, 0.717) is 28.7 Å². The van der Waals surface area contributed by atoms with Gasteiger partial charge >= 0.3 is 12.1 Å². The summed E-state index contributed by atoms with van der Waals surface area (Å²) in [7, 11) is 0. The quantitative estimate of drug-likeness (QED) is 0.453. The third-order valence-electron chi connectivity index (χ3n) is 5.48. The summed E-state index contributed by atoms with van der Waals surface area (Å²) >= 11 is 0. The number of fused-ring (bicyclic) bond motifs is 1. The maximum Gasteiger partial charge on any atom is 0.416 e. The van der Waals surface area contributed by atoms with E-state index >= 15 is 0 Å². The monoisotopic (exact) mass is 489 g/mol. The minimum atomic E-state index is -4.70. The fourth-order valence-electron chi connectivity index (χ4n) is 3.80. The summed E-state index contributed by atoms with van der Waals surface area (Å²) in [4.78, 5) is 24.6. The summed E-state index contributed by atoms with van der Waals surface area (Å²) in [5, 5.41) is 8.74. The number of rotatable bonds is 7. The molecule has 182 valence electrons. The highest BCUT2D eigenvalue weighted by molar-refractivity contribution is 6.10. The molecule has 10 heteroatoms. The fourth-order valence-corrected chi connectivity index (χ4v) is 3.80. The Kier molecular flexibility index (Phi) is 6.38. The number of aliphatic carboxylic acids is 1. The van der Waals surface area contributed by atoms with Crippen molar-refractivity contribution in [3.63, 3.8) is 0 Å². The zero-order valence-corrected chi connectivity index (χ0v) is 18.4. The van der Waals surface area contributed by atoms with Crippen molar-refractivity contribution in [3.05, 3.63) is 88.2 Å². The Morgan fingerprint density at radius 2 is 1.83 bits per heavy atom. The van der Waals surface area contributed by atoms with Crippen LogP contribution < -0.4 is 14.4 Å². The number of hydrogen-bond donors (Lipinski definition) is 1. The third-order valence-corrected chi connectivity index (χ3v) is 5.48. The van der Waals surface area contributed by atoms with Gasteiger partial charge in [-0.1, -0.05) is 12.1 Å². The average molecular weight is 489 g/mol. The van der Waals surface area contributed by atoms with E-state index < -0.39 is 36.0 Å². The van der Waals surface area contributed by atoms with Crippen molar-refractivity contribution in [2.24, 2.45) is 0 Å². The number of hydrogen-bond acceptors (Lipinski definition) is 4. The molecule has 0 aliphatic carbocycles. The van der Waals surface area contributed by atoms with Crippen LogP contribution in [0.1, 0.15) is 32.6 Å². The van der Waals surface area contributed by atoms with Crippen molar-refractivity contribution in [2.75, 3.05) is 11.5 Å². The van der Waals surface area contributed by atoms with Gasteiger partial charge in [0.05, 0.1) is 17.8 Å². The third kappa shape index (κ3) is 5.06. The van der Waals surface area contributed by atoms with Crippen LogP contribution in [0.5, 0.6) is 11.5 Å². The van der Waals surface area contributed by atoms with E-state index in [1.165, 1.54) is 0 Å². The minimum Gasteiger partial charge on any atom is -0.489 e. The normalized spacial score (nSPS) is 13.1. The van der Waals surface area contributed by atoms with E-state index in [0.717, 1.165) is 22.6 Å². The lowest BCUT2D eigenvalue weighted by atomic mass is 10.1. The summed E-state index contributed by atoms with van der Waals surface area (Å²) in [6.45, 7) is 1.36. The highest BCUT2D eigenvalue weighted by atomic mass is 19.4. The second kappa shape index (κ2) is 9.28. The predicted molar refractivity (Wildman–Crippen MR) is 117 cm³/mol. The molecule has 0 bridgehead atoms. The first-order valence-corrected chi connectivity index (χ1v) is 10.4. The molecule has 0 atom stereocenters. The molecule has 1 heterocycles. The van der Waals surface area contributed by atoms with Gasteiger partial charge in [-0.25, -0.2) is 9.18 Å². The van der Waals surface area contributed by atoms with Gasteiger partial charge in [0.2, 0.25) is 0 Å². The lowest BCUT2D eigenvalue weighted by Crippen LogP contribution is -2.24. The van der Waals surface area contributed by atoms with Gasteiger partial charge in [-0.2, -0.15) is 13.2 Å². The molecule has 0 unspecified atom stereocenters. The molecule has 1 aliphatic heterocycles. The smallest absolute Gasteiger partial charge is 0.416 e. The molecule has 0 saturated heterocycles. The lowest BCUT2D eigenvalue weighted by molar-refractivity contribution is -0.139. The number of alkyl halides is 3. The molecule has 4 rings (SSSR count). The molecule has 0 saturated carbocycles. The summed E-state index contributed by atoms with van der Waals surface area (Å²) in [5.74, 6) is -1.97. The largest absolute Gasteiger partial charge is 0.489 e. The van der Waals surface area contributed by atoms with Crippen molar-refractivity contribution in [1.82, 2.24) is 0 Å². The molecule has 0 spiro atoms. The molecule has 1 aliphatic rings. The van der Waals surface area contributed by atoms with Gasteiger partial charge in [0.25, 0.3) is 5.91 Å². The number of carbonyl (C=O) groups is 2. The van der Waals surface area contributed by atoms with Gasteiger partial charge in [0.1, 0.15) is 23.9 Å². The number of aryl methyl sites for hydroxylation is 1. The van der Waals surface area contributed by atoms with Crippen LogP contribution in [0.25, 0.3) is 0 Å². The highest BCUT2D eigenvalue weighted by Crippen LogP contribution is 2.37. The van der Waals surface area contributed by atoms with Crippen molar-refractivity contribution in [3.8, 4) is 11.5 Å². The van der Waals surface area contributed by atoms with Crippen LogP contribution in [0.4, 0.5) is 23.2 Å². The van der Waals surface area contributed by atoms with Crippen LogP contribution in [0.3, 0.4) is 0 Å². The number of amides is 1. The van der Waals surface area contributed by atoms with Crippen LogP contribution in [-0.4, -0.2) is 23.6 Å². The minimum absolute atomic E-state index is 0.0619. The molecule has 1 amide bonds. The van der Waals surface area contributed by atoms with Gasteiger partial charge in [-0.15, -0.1) is 0 Å². The number of carboxylic acid groups (broad SMARTS) is 1.